The first-order valence-corrected chi connectivity index (χ1v) is 8.36. The molecule has 2 aromatic carbocycles. The highest BCUT2D eigenvalue weighted by Crippen LogP contribution is 2.42. The smallest absolute Gasteiger partial charge is 0.241 e. The lowest BCUT2D eigenvalue weighted by molar-refractivity contribution is 0.566. The van der Waals surface area contributed by atoms with E-state index in [1.54, 1.807) is 12.1 Å². The summed E-state index contributed by atoms with van der Waals surface area (Å²) < 4.78 is 28.1. The van der Waals surface area contributed by atoms with Gasteiger partial charge in [-0.1, -0.05) is 36.4 Å². The van der Waals surface area contributed by atoms with Gasteiger partial charge in [0, 0.05) is 11.4 Å². The third-order valence-electron chi connectivity index (χ3n) is 4.42. The zero-order valence-electron chi connectivity index (χ0n) is 10.9. The van der Waals surface area contributed by atoms with Crippen LogP contribution in [-0.4, -0.2) is 27.5 Å². The summed E-state index contributed by atoms with van der Waals surface area (Å²) in [6.07, 6.45) is 0. The van der Waals surface area contributed by atoms with Crippen LogP contribution in [0.2, 0.25) is 0 Å². The lowest BCUT2D eigenvalue weighted by Crippen LogP contribution is -2.32. The SMILES string of the molecule is O=S(=O)(NC1C2CNCC21)c1cccc2ccccc12. The topological polar surface area (TPSA) is 58.2 Å². The number of nitrogens with one attached hydrogen (secondary N) is 2. The first-order chi connectivity index (χ1) is 9.67. The van der Waals surface area contributed by atoms with E-state index >= 15 is 0 Å². The minimum Gasteiger partial charge on any atom is -0.316 e. The normalized spacial score (nSPS) is 28.5. The highest BCUT2D eigenvalue weighted by Gasteiger charge is 2.54. The van der Waals surface area contributed by atoms with Gasteiger partial charge in [-0.25, -0.2) is 13.1 Å². The van der Waals surface area contributed by atoms with E-state index in [2.05, 4.69) is 10.0 Å². The van der Waals surface area contributed by atoms with Crippen molar-refractivity contribution in [1.29, 1.82) is 0 Å². The number of piperidine rings is 1. The van der Waals surface area contributed by atoms with Gasteiger partial charge in [0.25, 0.3) is 0 Å². The third-order valence-corrected chi connectivity index (χ3v) is 5.94. The van der Waals surface area contributed by atoms with Gasteiger partial charge >= 0.3 is 0 Å². The van der Waals surface area contributed by atoms with Crippen LogP contribution in [0.4, 0.5) is 0 Å². The second kappa shape index (κ2) is 4.28. The molecule has 1 heterocycles. The highest BCUT2D eigenvalue weighted by molar-refractivity contribution is 7.89. The summed E-state index contributed by atoms with van der Waals surface area (Å²) in [5.74, 6) is 0.944. The number of benzene rings is 2. The van der Waals surface area contributed by atoms with Gasteiger partial charge in [0.1, 0.15) is 0 Å². The fraction of sp³-hybridized carbons (Fsp3) is 0.333. The number of rotatable bonds is 3. The van der Waals surface area contributed by atoms with Gasteiger partial charge < -0.3 is 5.32 Å². The number of hydrogen-bond donors (Lipinski definition) is 2. The molecule has 1 saturated heterocycles. The van der Waals surface area contributed by atoms with E-state index in [-0.39, 0.29) is 6.04 Å². The molecule has 1 aliphatic carbocycles. The maximum Gasteiger partial charge on any atom is 0.241 e. The maximum atomic E-state index is 12.6. The van der Waals surface area contributed by atoms with Crippen LogP contribution in [0, 0.1) is 11.8 Å². The Bertz CT molecular complexity index is 757. The molecule has 2 unspecified atom stereocenters. The summed E-state index contributed by atoms with van der Waals surface area (Å²) in [6.45, 7) is 1.85. The monoisotopic (exact) mass is 288 g/mol. The van der Waals surface area contributed by atoms with Crippen molar-refractivity contribution in [2.24, 2.45) is 11.8 Å². The van der Waals surface area contributed by atoms with E-state index in [0.29, 0.717) is 16.7 Å². The summed E-state index contributed by atoms with van der Waals surface area (Å²) in [6, 6.07) is 13.1. The van der Waals surface area contributed by atoms with Gasteiger partial charge in [0.2, 0.25) is 10.0 Å². The van der Waals surface area contributed by atoms with Crippen LogP contribution in [0.1, 0.15) is 0 Å². The van der Waals surface area contributed by atoms with E-state index in [1.165, 1.54) is 0 Å². The Morgan fingerprint density at radius 3 is 2.50 bits per heavy atom. The van der Waals surface area contributed by atoms with E-state index < -0.39 is 10.0 Å². The molecule has 2 aliphatic rings. The van der Waals surface area contributed by atoms with Crippen molar-refractivity contribution in [2.45, 2.75) is 10.9 Å². The summed E-state index contributed by atoms with van der Waals surface area (Å²) in [5, 5.41) is 5.01. The van der Waals surface area contributed by atoms with Gasteiger partial charge in [-0.15, -0.1) is 0 Å². The molecule has 1 saturated carbocycles. The van der Waals surface area contributed by atoms with Crippen LogP contribution < -0.4 is 10.0 Å². The lowest BCUT2D eigenvalue weighted by Gasteiger charge is -2.11. The molecule has 0 bridgehead atoms. The molecule has 4 rings (SSSR count). The lowest BCUT2D eigenvalue weighted by atomic mass is 10.1. The Hall–Kier alpha value is -1.43. The average Bonchev–Trinajstić information content (AvgIpc) is 2.89. The van der Waals surface area contributed by atoms with Crippen molar-refractivity contribution in [2.75, 3.05) is 13.1 Å². The fourth-order valence-electron chi connectivity index (χ4n) is 3.27. The molecule has 1 aliphatic heterocycles. The molecule has 104 valence electrons. The van der Waals surface area contributed by atoms with Crippen LogP contribution in [0.3, 0.4) is 0 Å². The van der Waals surface area contributed by atoms with Crippen LogP contribution in [0.15, 0.2) is 47.4 Å². The Labute approximate surface area is 118 Å². The van der Waals surface area contributed by atoms with Crippen LogP contribution in [-0.2, 0) is 10.0 Å². The van der Waals surface area contributed by atoms with E-state index in [9.17, 15) is 8.42 Å². The summed E-state index contributed by atoms with van der Waals surface area (Å²) >= 11 is 0. The highest BCUT2D eigenvalue weighted by atomic mass is 32.2. The zero-order valence-corrected chi connectivity index (χ0v) is 11.7. The maximum absolute atomic E-state index is 12.6. The predicted octanol–water partition coefficient (Wildman–Crippen LogP) is 1.34. The molecule has 2 atom stereocenters. The average molecular weight is 288 g/mol. The van der Waals surface area contributed by atoms with Crippen molar-refractivity contribution in [3.05, 3.63) is 42.5 Å². The van der Waals surface area contributed by atoms with Crippen molar-refractivity contribution in [3.8, 4) is 0 Å². The number of hydrogen-bond acceptors (Lipinski definition) is 3. The first-order valence-electron chi connectivity index (χ1n) is 6.88. The minimum atomic E-state index is -3.44. The van der Waals surface area contributed by atoms with Gasteiger partial charge in [-0.2, -0.15) is 0 Å². The number of sulfonamides is 1. The molecule has 0 amide bonds. The second-order valence-corrected chi connectivity index (χ2v) is 7.29. The first kappa shape index (κ1) is 12.3. The zero-order chi connectivity index (χ0) is 13.7. The quantitative estimate of drug-likeness (QED) is 0.896. The van der Waals surface area contributed by atoms with Crippen LogP contribution >= 0.6 is 0 Å². The Morgan fingerprint density at radius 1 is 1.00 bits per heavy atom. The molecule has 2 aromatic rings. The molecule has 2 N–H and O–H groups in total. The largest absolute Gasteiger partial charge is 0.316 e. The fourth-order valence-corrected chi connectivity index (χ4v) is 4.83. The molecule has 0 aromatic heterocycles. The summed E-state index contributed by atoms with van der Waals surface area (Å²) in [7, 11) is -3.44. The Morgan fingerprint density at radius 2 is 1.70 bits per heavy atom. The number of fused-ring (bicyclic) bond motifs is 2. The van der Waals surface area contributed by atoms with Gasteiger partial charge in [0.05, 0.1) is 4.90 Å². The van der Waals surface area contributed by atoms with Crippen molar-refractivity contribution >= 4 is 20.8 Å². The van der Waals surface area contributed by atoms with Gasteiger partial charge in [0.15, 0.2) is 0 Å². The molecule has 4 nitrogen and oxygen atoms in total. The second-order valence-electron chi connectivity index (χ2n) is 5.61. The van der Waals surface area contributed by atoms with Crippen LogP contribution in [0.25, 0.3) is 10.8 Å². The van der Waals surface area contributed by atoms with E-state index in [0.717, 1.165) is 23.9 Å². The Balaban J connectivity index is 1.71. The van der Waals surface area contributed by atoms with Gasteiger partial charge in [-0.05, 0) is 36.4 Å². The van der Waals surface area contributed by atoms with Crippen molar-refractivity contribution in [3.63, 3.8) is 0 Å². The van der Waals surface area contributed by atoms with Crippen LogP contribution in [0.5, 0.6) is 0 Å². The Kier molecular flexibility index (Phi) is 2.64. The standard InChI is InChI=1S/C15H16N2O2S/c18-20(19,17-15-12-8-16-9-13(12)15)14-7-3-5-10-4-1-2-6-11(10)14/h1-7,12-13,15-17H,8-9H2. The van der Waals surface area contributed by atoms with E-state index in [1.807, 2.05) is 30.3 Å². The summed E-state index contributed by atoms with van der Waals surface area (Å²) in [4.78, 5) is 0.383. The molecule has 0 spiro atoms. The predicted molar refractivity (Wildman–Crippen MR) is 77.9 cm³/mol. The molecular formula is C15H16N2O2S. The van der Waals surface area contributed by atoms with Crippen molar-refractivity contribution < 1.29 is 8.42 Å². The molecule has 5 heteroatoms. The van der Waals surface area contributed by atoms with Gasteiger partial charge in [-0.3, -0.25) is 0 Å². The third kappa shape index (κ3) is 1.85. The summed E-state index contributed by atoms with van der Waals surface area (Å²) in [5.41, 5.74) is 0. The molecular weight excluding hydrogens is 272 g/mol. The van der Waals surface area contributed by atoms with Crippen molar-refractivity contribution in [1.82, 2.24) is 10.0 Å². The minimum absolute atomic E-state index is 0.111. The van der Waals surface area contributed by atoms with E-state index in [4.69, 9.17) is 0 Å². The molecule has 20 heavy (non-hydrogen) atoms. The molecule has 2 fully saturated rings. The molecule has 0 radical (unpaired) electrons.